The molecule has 1 saturated heterocycles. The Labute approximate surface area is 171 Å². The van der Waals surface area contributed by atoms with Gasteiger partial charge in [-0.25, -0.2) is 0 Å². The lowest BCUT2D eigenvalue weighted by atomic mass is 9.98. The van der Waals surface area contributed by atoms with Crippen LogP contribution in [0.3, 0.4) is 0 Å². The Balaban J connectivity index is 1.79. The van der Waals surface area contributed by atoms with Crippen molar-refractivity contribution in [3.05, 3.63) is 33.8 Å². The Kier molecular flexibility index (Phi) is 8.87. The average Bonchev–Trinajstić information content (AvgIpc) is 2.60. The number of hydrogen-bond acceptors (Lipinski definition) is 3. The second-order valence-corrected chi connectivity index (χ2v) is 8.10. The van der Waals surface area contributed by atoms with Crippen molar-refractivity contribution in [3.63, 3.8) is 0 Å². The predicted molar refractivity (Wildman–Crippen MR) is 110 cm³/mol. The van der Waals surface area contributed by atoms with Gasteiger partial charge in [0.1, 0.15) is 0 Å². The first-order valence-corrected chi connectivity index (χ1v) is 10.4. The minimum absolute atomic E-state index is 0.0239. The zero-order valence-corrected chi connectivity index (χ0v) is 17.6. The second-order valence-electron chi connectivity index (χ2n) is 7.25. The Morgan fingerprint density at radius 3 is 2.78 bits per heavy atom. The van der Waals surface area contributed by atoms with E-state index in [0.717, 1.165) is 37.9 Å². The van der Waals surface area contributed by atoms with E-state index in [0.29, 0.717) is 35.5 Å². The zero-order chi connectivity index (χ0) is 19.8. The molecule has 150 valence electrons. The van der Waals surface area contributed by atoms with Crippen molar-refractivity contribution in [2.24, 2.45) is 5.92 Å². The maximum absolute atomic E-state index is 12.4. The summed E-state index contributed by atoms with van der Waals surface area (Å²) in [6.07, 6.45) is 3.56. The molecule has 0 bridgehead atoms. The first kappa shape index (κ1) is 22.0. The summed E-state index contributed by atoms with van der Waals surface area (Å²) in [5.74, 6) is 0.487. The van der Waals surface area contributed by atoms with Crippen LogP contribution in [0, 0.1) is 5.92 Å². The average molecular weight is 414 g/mol. The molecular weight excluding hydrogens is 385 g/mol. The van der Waals surface area contributed by atoms with Crippen LogP contribution >= 0.6 is 23.2 Å². The Hall–Kier alpha value is -1.30. The normalized spacial score (nSPS) is 18.7. The molecule has 1 aliphatic heterocycles. The van der Waals surface area contributed by atoms with Gasteiger partial charge in [-0.1, -0.05) is 36.2 Å². The number of nitrogens with one attached hydrogen (secondary N) is 2. The van der Waals surface area contributed by atoms with Gasteiger partial charge in [-0.3, -0.25) is 14.5 Å². The minimum atomic E-state index is -0.184. The summed E-state index contributed by atoms with van der Waals surface area (Å²) < 4.78 is 0. The van der Waals surface area contributed by atoms with E-state index in [4.69, 9.17) is 23.2 Å². The van der Waals surface area contributed by atoms with Crippen LogP contribution < -0.4 is 10.6 Å². The molecule has 0 aromatic heterocycles. The fourth-order valence-electron chi connectivity index (χ4n) is 3.46. The van der Waals surface area contributed by atoms with Crippen molar-refractivity contribution < 1.29 is 9.59 Å². The molecule has 5 nitrogen and oxygen atoms in total. The van der Waals surface area contributed by atoms with Gasteiger partial charge in [0.15, 0.2) is 0 Å². The summed E-state index contributed by atoms with van der Waals surface area (Å²) in [5.41, 5.74) is 0.851. The Bertz CT molecular complexity index is 654. The molecule has 1 heterocycles. The molecule has 27 heavy (non-hydrogen) atoms. The van der Waals surface area contributed by atoms with Gasteiger partial charge >= 0.3 is 0 Å². The molecule has 0 spiro atoms. The van der Waals surface area contributed by atoms with Crippen LogP contribution in [0.25, 0.3) is 0 Å². The van der Waals surface area contributed by atoms with Gasteiger partial charge in [-0.05, 0) is 56.3 Å². The summed E-state index contributed by atoms with van der Waals surface area (Å²) >= 11 is 12.1. The van der Waals surface area contributed by atoms with Crippen LogP contribution in [0.5, 0.6) is 0 Å². The van der Waals surface area contributed by atoms with Crippen LogP contribution in [-0.4, -0.2) is 42.9 Å². The van der Waals surface area contributed by atoms with E-state index in [1.54, 1.807) is 12.1 Å². The van der Waals surface area contributed by atoms with Gasteiger partial charge in [-0.2, -0.15) is 0 Å². The number of halogens is 2. The molecule has 1 aromatic rings. The van der Waals surface area contributed by atoms with Crippen molar-refractivity contribution in [2.75, 3.05) is 26.2 Å². The number of rotatable bonds is 8. The highest BCUT2D eigenvalue weighted by Crippen LogP contribution is 2.26. The topological polar surface area (TPSA) is 61.4 Å². The van der Waals surface area contributed by atoms with Gasteiger partial charge in [-0.15, -0.1) is 0 Å². The summed E-state index contributed by atoms with van der Waals surface area (Å²) in [4.78, 5) is 26.2. The molecule has 2 amide bonds. The number of piperidine rings is 1. The van der Waals surface area contributed by atoms with Gasteiger partial charge in [0.05, 0.1) is 12.6 Å². The quantitative estimate of drug-likeness (QED) is 0.680. The molecule has 2 unspecified atom stereocenters. The maximum Gasteiger partial charge on any atom is 0.234 e. The van der Waals surface area contributed by atoms with E-state index < -0.39 is 0 Å². The van der Waals surface area contributed by atoms with Gasteiger partial charge in [0.2, 0.25) is 11.8 Å². The van der Waals surface area contributed by atoms with Crippen LogP contribution in [0.4, 0.5) is 0 Å². The molecule has 1 fully saturated rings. The SMILES string of the molecule is CCCC(=O)NCC1CCCN(CC(=O)NC(C)c2ccc(Cl)cc2Cl)C1. The van der Waals surface area contributed by atoms with Crippen LogP contribution in [-0.2, 0) is 9.59 Å². The van der Waals surface area contributed by atoms with Crippen molar-refractivity contribution in [1.29, 1.82) is 0 Å². The molecule has 2 N–H and O–H groups in total. The fraction of sp³-hybridized carbons (Fsp3) is 0.600. The van der Waals surface area contributed by atoms with Crippen LogP contribution in [0.1, 0.15) is 51.1 Å². The highest BCUT2D eigenvalue weighted by atomic mass is 35.5. The number of nitrogens with zero attached hydrogens (tertiary/aromatic N) is 1. The lowest BCUT2D eigenvalue weighted by Gasteiger charge is -2.32. The summed E-state index contributed by atoms with van der Waals surface area (Å²) in [7, 11) is 0. The third-order valence-electron chi connectivity index (χ3n) is 4.84. The molecule has 0 aliphatic carbocycles. The number of carbonyl (C=O) groups is 2. The number of carbonyl (C=O) groups excluding carboxylic acids is 2. The van der Waals surface area contributed by atoms with Crippen molar-refractivity contribution in [2.45, 2.75) is 45.6 Å². The van der Waals surface area contributed by atoms with E-state index in [-0.39, 0.29) is 17.9 Å². The summed E-state index contributed by atoms with van der Waals surface area (Å²) in [6, 6.07) is 5.11. The molecule has 0 radical (unpaired) electrons. The zero-order valence-electron chi connectivity index (χ0n) is 16.1. The highest BCUT2D eigenvalue weighted by Gasteiger charge is 2.23. The molecule has 2 atom stereocenters. The summed E-state index contributed by atoms with van der Waals surface area (Å²) in [6.45, 7) is 6.69. The largest absolute Gasteiger partial charge is 0.356 e. The maximum atomic E-state index is 12.4. The monoisotopic (exact) mass is 413 g/mol. The Morgan fingerprint density at radius 2 is 2.07 bits per heavy atom. The van der Waals surface area contributed by atoms with Gasteiger partial charge in [0, 0.05) is 29.6 Å². The highest BCUT2D eigenvalue weighted by molar-refractivity contribution is 6.35. The first-order chi connectivity index (χ1) is 12.9. The van der Waals surface area contributed by atoms with E-state index in [1.165, 1.54) is 0 Å². The number of benzene rings is 1. The van der Waals surface area contributed by atoms with E-state index >= 15 is 0 Å². The van der Waals surface area contributed by atoms with E-state index in [1.807, 2.05) is 19.9 Å². The number of likely N-dealkylation sites (tertiary alicyclic amines) is 1. The number of amides is 2. The van der Waals surface area contributed by atoms with E-state index in [2.05, 4.69) is 15.5 Å². The van der Waals surface area contributed by atoms with Crippen LogP contribution in [0.15, 0.2) is 18.2 Å². The lowest BCUT2D eigenvalue weighted by molar-refractivity contribution is -0.124. The van der Waals surface area contributed by atoms with Crippen LogP contribution in [0.2, 0.25) is 10.0 Å². The van der Waals surface area contributed by atoms with Crippen molar-refractivity contribution in [3.8, 4) is 0 Å². The molecule has 1 aromatic carbocycles. The molecule has 2 rings (SSSR count). The first-order valence-electron chi connectivity index (χ1n) is 9.62. The summed E-state index contributed by atoms with van der Waals surface area (Å²) in [5, 5.41) is 7.14. The third kappa shape index (κ3) is 7.32. The predicted octanol–water partition coefficient (Wildman–Crippen LogP) is 3.80. The smallest absolute Gasteiger partial charge is 0.234 e. The lowest BCUT2D eigenvalue weighted by Crippen LogP contribution is -2.45. The van der Waals surface area contributed by atoms with E-state index in [9.17, 15) is 9.59 Å². The number of hydrogen-bond donors (Lipinski definition) is 2. The van der Waals surface area contributed by atoms with Crippen molar-refractivity contribution >= 4 is 35.0 Å². The molecule has 1 aliphatic rings. The third-order valence-corrected chi connectivity index (χ3v) is 5.40. The Morgan fingerprint density at radius 1 is 1.30 bits per heavy atom. The molecule has 7 heteroatoms. The standard InChI is InChI=1S/C20H29Cl2N3O2/c1-3-5-19(26)23-11-15-6-4-9-25(12-15)13-20(27)24-14(2)17-8-7-16(21)10-18(17)22/h7-8,10,14-15H,3-6,9,11-13H2,1-2H3,(H,23,26)(H,24,27). The van der Waals surface area contributed by atoms with Crippen molar-refractivity contribution in [1.82, 2.24) is 15.5 Å². The molecule has 0 saturated carbocycles. The van der Waals surface area contributed by atoms with Gasteiger partial charge < -0.3 is 10.6 Å². The second kappa shape index (κ2) is 10.9. The fourth-order valence-corrected chi connectivity index (χ4v) is 4.03. The minimum Gasteiger partial charge on any atom is -0.356 e. The molecular formula is C20H29Cl2N3O2. The van der Waals surface area contributed by atoms with Gasteiger partial charge in [0.25, 0.3) is 0 Å².